The summed E-state index contributed by atoms with van der Waals surface area (Å²) in [6.07, 6.45) is 0. The van der Waals surface area contributed by atoms with E-state index in [2.05, 4.69) is 16.8 Å². The Kier molecular flexibility index (Phi) is 3.57. The molecule has 1 atom stereocenters. The fraction of sp³-hybridized carbons (Fsp3) is 0.286. The van der Waals surface area contributed by atoms with Gasteiger partial charge in [-0.15, -0.1) is 11.3 Å². The molecule has 1 aromatic carbocycles. The van der Waals surface area contributed by atoms with Crippen molar-refractivity contribution in [1.29, 1.82) is 0 Å². The first kappa shape index (κ1) is 12.3. The summed E-state index contributed by atoms with van der Waals surface area (Å²) in [6, 6.07) is 10.1. The lowest BCUT2D eigenvalue weighted by atomic mass is 10.2. The van der Waals surface area contributed by atoms with E-state index in [0.29, 0.717) is 19.8 Å². The maximum Gasteiger partial charge on any atom is 0.163 e. The lowest BCUT2D eigenvalue weighted by Crippen LogP contribution is -2.20. The van der Waals surface area contributed by atoms with E-state index >= 15 is 0 Å². The first-order chi connectivity index (χ1) is 9.36. The summed E-state index contributed by atoms with van der Waals surface area (Å²) in [6.45, 7) is 1.76. The summed E-state index contributed by atoms with van der Waals surface area (Å²) in [4.78, 5) is 1.23. The molecule has 2 heterocycles. The van der Waals surface area contributed by atoms with Crippen molar-refractivity contribution in [3.8, 4) is 11.5 Å². The number of nitrogens with one attached hydrogen (secondary N) is 1. The van der Waals surface area contributed by atoms with Crippen molar-refractivity contribution >= 4 is 17.0 Å². The van der Waals surface area contributed by atoms with Gasteiger partial charge in [0.05, 0.1) is 6.04 Å². The van der Waals surface area contributed by atoms with Crippen LogP contribution in [0.15, 0.2) is 35.7 Å². The van der Waals surface area contributed by atoms with E-state index in [1.807, 2.05) is 24.3 Å². The molecule has 3 N–H and O–H groups in total. The smallest absolute Gasteiger partial charge is 0.163 e. The van der Waals surface area contributed by atoms with Gasteiger partial charge in [0.25, 0.3) is 0 Å². The highest BCUT2D eigenvalue weighted by molar-refractivity contribution is 7.10. The van der Waals surface area contributed by atoms with Crippen LogP contribution in [-0.2, 0) is 0 Å². The molecule has 0 bridgehead atoms. The van der Waals surface area contributed by atoms with Gasteiger partial charge in [0.2, 0.25) is 0 Å². The number of anilines is 1. The van der Waals surface area contributed by atoms with Crippen molar-refractivity contribution in [1.82, 2.24) is 0 Å². The maximum atomic E-state index is 5.84. The normalized spacial score (nSPS) is 15.0. The lowest BCUT2D eigenvalue weighted by molar-refractivity contribution is 0.171. The number of rotatable bonds is 4. The molecule has 4 nitrogen and oxygen atoms in total. The van der Waals surface area contributed by atoms with Crippen LogP contribution in [0, 0.1) is 0 Å². The van der Waals surface area contributed by atoms with Crippen molar-refractivity contribution in [2.24, 2.45) is 5.73 Å². The largest absolute Gasteiger partial charge is 0.486 e. The number of fused-ring (bicyclic) bond motifs is 1. The second-order valence-electron chi connectivity index (χ2n) is 4.31. The zero-order valence-electron chi connectivity index (χ0n) is 10.5. The minimum atomic E-state index is 0.127. The first-order valence-corrected chi connectivity index (χ1v) is 7.14. The zero-order chi connectivity index (χ0) is 13.1. The van der Waals surface area contributed by atoms with E-state index in [0.717, 1.165) is 17.2 Å². The van der Waals surface area contributed by atoms with Crippen molar-refractivity contribution in [3.63, 3.8) is 0 Å². The van der Waals surface area contributed by atoms with Gasteiger partial charge < -0.3 is 20.5 Å². The molecule has 3 rings (SSSR count). The topological polar surface area (TPSA) is 56.5 Å². The molecule has 19 heavy (non-hydrogen) atoms. The third-order valence-electron chi connectivity index (χ3n) is 3.01. The molecule has 0 spiro atoms. The first-order valence-electron chi connectivity index (χ1n) is 6.26. The molecule has 1 aromatic heterocycles. The van der Waals surface area contributed by atoms with Crippen LogP contribution in [0.5, 0.6) is 11.5 Å². The number of benzene rings is 1. The minimum Gasteiger partial charge on any atom is -0.486 e. The Balaban J connectivity index is 1.79. The molecule has 0 aliphatic carbocycles. The molecule has 0 radical (unpaired) electrons. The molecule has 0 saturated carbocycles. The van der Waals surface area contributed by atoms with Gasteiger partial charge in [-0.05, 0) is 23.6 Å². The third-order valence-corrected chi connectivity index (χ3v) is 3.99. The molecule has 0 saturated heterocycles. The van der Waals surface area contributed by atoms with Crippen LogP contribution in [0.4, 0.5) is 5.69 Å². The van der Waals surface area contributed by atoms with E-state index in [-0.39, 0.29) is 6.04 Å². The van der Waals surface area contributed by atoms with E-state index in [4.69, 9.17) is 15.2 Å². The van der Waals surface area contributed by atoms with Gasteiger partial charge in [0, 0.05) is 23.2 Å². The van der Waals surface area contributed by atoms with Crippen LogP contribution in [0.2, 0.25) is 0 Å². The van der Waals surface area contributed by atoms with Gasteiger partial charge in [-0.25, -0.2) is 0 Å². The van der Waals surface area contributed by atoms with Crippen LogP contribution in [0.3, 0.4) is 0 Å². The Morgan fingerprint density at radius 2 is 2.05 bits per heavy atom. The van der Waals surface area contributed by atoms with Gasteiger partial charge in [-0.3, -0.25) is 0 Å². The summed E-state index contributed by atoms with van der Waals surface area (Å²) in [5.74, 6) is 1.59. The number of thiophene rings is 1. The second kappa shape index (κ2) is 5.50. The second-order valence-corrected chi connectivity index (χ2v) is 5.29. The Morgan fingerprint density at radius 3 is 2.79 bits per heavy atom. The van der Waals surface area contributed by atoms with Crippen molar-refractivity contribution in [3.05, 3.63) is 40.6 Å². The number of nitrogens with two attached hydrogens (primary N) is 1. The molecule has 1 unspecified atom stereocenters. The van der Waals surface area contributed by atoms with E-state index < -0.39 is 0 Å². The Labute approximate surface area is 116 Å². The van der Waals surface area contributed by atoms with E-state index in [1.54, 1.807) is 11.3 Å². The summed E-state index contributed by atoms with van der Waals surface area (Å²) in [7, 11) is 0. The number of hydrogen-bond donors (Lipinski definition) is 2. The highest BCUT2D eigenvalue weighted by Crippen LogP contribution is 2.34. The lowest BCUT2D eigenvalue weighted by Gasteiger charge is -2.21. The molecule has 1 aliphatic heterocycles. The minimum absolute atomic E-state index is 0.127. The predicted octanol–water partition coefficient (Wildman–Crippen LogP) is 2.63. The molecule has 5 heteroatoms. The van der Waals surface area contributed by atoms with Gasteiger partial charge >= 0.3 is 0 Å². The van der Waals surface area contributed by atoms with Crippen LogP contribution in [0.25, 0.3) is 0 Å². The van der Waals surface area contributed by atoms with Crippen molar-refractivity contribution in [2.45, 2.75) is 6.04 Å². The molecule has 2 aromatic rings. The fourth-order valence-electron chi connectivity index (χ4n) is 2.07. The van der Waals surface area contributed by atoms with Crippen molar-refractivity contribution < 1.29 is 9.47 Å². The monoisotopic (exact) mass is 276 g/mol. The van der Waals surface area contributed by atoms with Crippen LogP contribution in [0.1, 0.15) is 10.9 Å². The molecule has 100 valence electrons. The fourth-order valence-corrected chi connectivity index (χ4v) is 2.86. The Hall–Kier alpha value is -1.72. The highest BCUT2D eigenvalue weighted by atomic mass is 32.1. The quantitative estimate of drug-likeness (QED) is 0.901. The SMILES string of the molecule is NCC(Nc1ccc2c(c1)OCCO2)c1cccs1. The zero-order valence-corrected chi connectivity index (χ0v) is 11.3. The summed E-state index contributed by atoms with van der Waals surface area (Å²) < 4.78 is 11.1. The van der Waals surface area contributed by atoms with Crippen LogP contribution >= 0.6 is 11.3 Å². The molecular formula is C14H16N2O2S. The average Bonchev–Trinajstić information content (AvgIpc) is 2.98. The highest BCUT2D eigenvalue weighted by Gasteiger charge is 2.14. The summed E-state index contributed by atoms with van der Waals surface area (Å²) >= 11 is 1.71. The summed E-state index contributed by atoms with van der Waals surface area (Å²) in [5, 5.41) is 5.49. The Bertz CT molecular complexity index is 542. The molecular weight excluding hydrogens is 260 g/mol. The van der Waals surface area contributed by atoms with Crippen LogP contribution < -0.4 is 20.5 Å². The molecule has 0 amide bonds. The molecule has 0 fully saturated rings. The van der Waals surface area contributed by atoms with Gasteiger partial charge in [0.15, 0.2) is 11.5 Å². The van der Waals surface area contributed by atoms with Crippen LogP contribution in [-0.4, -0.2) is 19.8 Å². The Morgan fingerprint density at radius 1 is 1.21 bits per heavy atom. The standard InChI is InChI=1S/C14H16N2O2S/c15-9-11(14-2-1-7-19-14)16-10-3-4-12-13(8-10)18-6-5-17-12/h1-4,7-8,11,16H,5-6,9,15H2. The van der Waals surface area contributed by atoms with E-state index in [9.17, 15) is 0 Å². The van der Waals surface area contributed by atoms with Gasteiger partial charge in [0.1, 0.15) is 13.2 Å². The summed E-state index contributed by atoms with van der Waals surface area (Å²) in [5.41, 5.74) is 6.83. The third kappa shape index (κ3) is 2.67. The predicted molar refractivity (Wildman–Crippen MR) is 77.2 cm³/mol. The van der Waals surface area contributed by atoms with Gasteiger partial charge in [-0.1, -0.05) is 6.07 Å². The van der Waals surface area contributed by atoms with Gasteiger partial charge in [-0.2, -0.15) is 0 Å². The maximum absolute atomic E-state index is 5.84. The van der Waals surface area contributed by atoms with Crippen molar-refractivity contribution in [2.75, 3.05) is 25.1 Å². The number of hydrogen-bond acceptors (Lipinski definition) is 5. The number of ether oxygens (including phenoxy) is 2. The average molecular weight is 276 g/mol. The molecule has 1 aliphatic rings. The van der Waals surface area contributed by atoms with E-state index in [1.165, 1.54) is 4.88 Å².